The molecule has 19 heavy (non-hydrogen) atoms. The van der Waals surface area contributed by atoms with Crippen molar-refractivity contribution in [1.29, 1.82) is 0 Å². The Morgan fingerprint density at radius 1 is 1.37 bits per heavy atom. The van der Waals surface area contributed by atoms with E-state index in [2.05, 4.69) is 32.3 Å². The Morgan fingerprint density at radius 2 is 2.05 bits per heavy atom. The lowest BCUT2D eigenvalue weighted by molar-refractivity contribution is 0.290. The van der Waals surface area contributed by atoms with E-state index < -0.39 is 0 Å². The highest BCUT2D eigenvalue weighted by atomic mass is 32.2. The van der Waals surface area contributed by atoms with E-state index in [-0.39, 0.29) is 0 Å². The van der Waals surface area contributed by atoms with Crippen molar-refractivity contribution in [1.82, 2.24) is 5.32 Å². The summed E-state index contributed by atoms with van der Waals surface area (Å²) in [6, 6.07) is 0.571. The number of thioether (sulfide) groups is 2. The molecule has 0 bridgehead atoms. The molecule has 1 aliphatic heterocycles. The molecule has 1 aliphatic carbocycles. The highest BCUT2D eigenvalue weighted by molar-refractivity contribution is 8.13. The normalized spacial score (nSPS) is 29.5. The second kappa shape index (κ2) is 6.30. The van der Waals surface area contributed by atoms with Crippen molar-refractivity contribution >= 4 is 28.7 Å². The average Bonchev–Trinajstić information content (AvgIpc) is 2.85. The van der Waals surface area contributed by atoms with Gasteiger partial charge in [0.05, 0.1) is 6.54 Å². The summed E-state index contributed by atoms with van der Waals surface area (Å²) in [5, 5.41) is 4.85. The van der Waals surface area contributed by atoms with Gasteiger partial charge in [-0.2, -0.15) is 11.8 Å². The van der Waals surface area contributed by atoms with Gasteiger partial charge < -0.3 is 5.32 Å². The summed E-state index contributed by atoms with van der Waals surface area (Å²) in [5.41, 5.74) is 0.326. The van der Waals surface area contributed by atoms with Crippen molar-refractivity contribution in [2.24, 2.45) is 10.4 Å². The predicted octanol–water partition coefficient (Wildman–Crippen LogP) is 4.16. The van der Waals surface area contributed by atoms with E-state index in [9.17, 15) is 0 Å². The molecule has 1 saturated carbocycles. The zero-order valence-electron chi connectivity index (χ0n) is 12.8. The molecule has 0 amide bonds. The smallest absolute Gasteiger partial charge is 0.156 e. The first-order valence-corrected chi connectivity index (χ1v) is 9.65. The van der Waals surface area contributed by atoms with Gasteiger partial charge in [-0.1, -0.05) is 45.4 Å². The number of hydrogen-bond donors (Lipinski definition) is 1. The van der Waals surface area contributed by atoms with Gasteiger partial charge in [-0.3, -0.25) is 4.99 Å². The van der Waals surface area contributed by atoms with E-state index in [1.807, 2.05) is 23.5 Å². The van der Waals surface area contributed by atoms with Crippen molar-refractivity contribution < 1.29 is 0 Å². The van der Waals surface area contributed by atoms with E-state index in [1.54, 1.807) is 0 Å². The Bertz CT molecular complexity index is 328. The van der Waals surface area contributed by atoms with Crippen LogP contribution in [0.25, 0.3) is 0 Å². The van der Waals surface area contributed by atoms with Crippen LogP contribution < -0.4 is 5.32 Å². The minimum absolute atomic E-state index is 0.326. The highest BCUT2D eigenvalue weighted by Gasteiger charge is 2.33. The van der Waals surface area contributed by atoms with Crippen LogP contribution in [0.2, 0.25) is 0 Å². The fourth-order valence-electron chi connectivity index (χ4n) is 2.94. The maximum absolute atomic E-state index is 4.92. The van der Waals surface area contributed by atoms with Crippen LogP contribution in [0.1, 0.15) is 52.9 Å². The Labute approximate surface area is 127 Å². The van der Waals surface area contributed by atoms with Crippen LogP contribution in [-0.4, -0.2) is 34.5 Å². The lowest BCUT2D eigenvalue weighted by Gasteiger charge is -2.36. The monoisotopic (exact) mass is 300 g/mol. The van der Waals surface area contributed by atoms with Crippen LogP contribution in [0.4, 0.5) is 0 Å². The van der Waals surface area contributed by atoms with Crippen LogP contribution in [-0.2, 0) is 0 Å². The molecule has 2 nitrogen and oxygen atoms in total. The number of aliphatic imine (C=N–C) groups is 1. The van der Waals surface area contributed by atoms with Crippen molar-refractivity contribution in [3.05, 3.63) is 0 Å². The SMILES string of the molecule is CSC1(CN=C2NC(C(C)(C)C)CCS2)CCCC1. The van der Waals surface area contributed by atoms with Gasteiger partial charge in [0.25, 0.3) is 0 Å². The zero-order chi connectivity index (χ0) is 13.9. The van der Waals surface area contributed by atoms with Crippen LogP contribution in [0, 0.1) is 5.41 Å². The minimum atomic E-state index is 0.326. The molecule has 1 atom stereocenters. The maximum atomic E-state index is 4.92. The van der Waals surface area contributed by atoms with E-state index in [4.69, 9.17) is 4.99 Å². The van der Waals surface area contributed by atoms with Crippen molar-refractivity contribution in [3.8, 4) is 0 Å². The minimum Gasteiger partial charge on any atom is -0.362 e. The molecular formula is C15H28N2S2. The molecule has 0 radical (unpaired) electrons. The first-order chi connectivity index (χ1) is 8.95. The third kappa shape index (κ3) is 4.07. The average molecular weight is 301 g/mol. The standard InChI is InChI=1S/C15H28N2S2/c1-14(2,3)12-7-10-19-13(17-12)16-11-15(18-4)8-5-6-9-15/h12H,5-11H2,1-4H3,(H,16,17). The summed E-state index contributed by atoms with van der Waals surface area (Å²) < 4.78 is 0.434. The summed E-state index contributed by atoms with van der Waals surface area (Å²) in [6.45, 7) is 7.95. The van der Waals surface area contributed by atoms with Gasteiger partial charge in [0.15, 0.2) is 5.17 Å². The van der Waals surface area contributed by atoms with E-state index in [0.29, 0.717) is 16.2 Å². The molecule has 1 heterocycles. The maximum Gasteiger partial charge on any atom is 0.156 e. The van der Waals surface area contributed by atoms with Crippen molar-refractivity contribution in [2.75, 3.05) is 18.6 Å². The molecule has 110 valence electrons. The molecule has 1 N–H and O–H groups in total. The second-order valence-electron chi connectivity index (χ2n) is 6.92. The van der Waals surface area contributed by atoms with Gasteiger partial charge in [0.1, 0.15) is 0 Å². The Morgan fingerprint density at radius 3 is 2.63 bits per heavy atom. The van der Waals surface area contributed by atoms with E-state index in [1.165, 1.54) is 43.0 Å². The third-order valence-electron chi connectivity index (χ3n) is 4.45. The number of amidine groups is 1. The van der Waals surface area contributed by atoms with E-state index in [0.717, 1.165) is 6.54 Å². The zero-order valence-corrected chi connectivity index (χ0v) is 14.4. The topological polar surface area (TPSA) is 24.4 Å². The number of nitrogens with zero attached hydrogens (tertiary/aromatic N) is 1. The number of hydrogen-bond acceptors (Lipinski definition) is 3. The Balaban J connectivity index is 1.95. The summed E-state index contributed by atoms with van der Waals surface area (Å²) in [5.74, 6) is 1.21. The molecule has 1 unspecified atom stereocenters. The molecule has 1 saturated heterocycles. The Hall–Kier alpha value is 0.170. The van der Waals surface area contributed by atoms with Gasteiger partial charge >= 0.3 is 0 Å². The van der Waals surface area contributed by atoms with Gasteiger partial charge in [-0.25, -0.2) is 0 Å². The molecular weight excluding hydrogens is 272 g/mol. The number of nitrogens with one attached hydrogen (secondary N) is 1. The van der Waals surface area contributed by atoms with Crippen LogP contribution in [0.3, 0.4) is 0 Å². The van der Waals surface area contributed by atoms with Crippen molar-refractivity contribution in [2.45, 2.75) is 63.7 Å². The molecule has 0 aromatic rings. The second-order valence-corrected chi connectivity index (χ2v) is 9.27. The summed E-state index contributed by atoms with van der Waals surface area (Å²) >= 11 is 3.94. The van der Waals surface area contributed by atoms with Crippen molar-refractivity contribution in [3.63, 3.8) is 0 Å². The Kier molecular flexibility index (Phi) is 5.15. The van der Waals surface area contributed by atoms with Gasteiger partial charge in [-0.05, 0) is 30.9 Å². The highest BCUT2D eigenvalue weighted by Crippen LogP contribution is 2.40. The predicted molar refractivity (Wildman–Crippen MR) is 90.5 cm³/mol. The molecule has 0 spiro atoms. The molecule has 0 aromatic carbocycles. The third-order valence-corrected chi connectivity index (χ3v) is 6.81. The van der Waals surface area contributed by atoms with Gasteiger partial charge in [-0.15, -0.1) is 0 Å². The largest absolute Gasteiger partial charge is 0.362 e. The van der Waals surface area contributed by atoms with Crippen LogP contribution >= 0.6 is 23.5 Å². The molecule has 0 aromatic heterocycles. The first kappa shape index (κ1) is 15.6. The van der Waals surface area contributed by atoms with Crippen LogP contribution in [0.5, 0.6) is 0 Å². The quantitative estimate of drug-likeness (QED) is 0.847. The molecule has 2 rings (SSSR count). The molecule has 2 fully saturated rings. The molecule has 2 aliphatic rings. The summed E-state index contributed by atoms with van der Waals surface area (Å²) in [6.07, 6.45) is 8.97. The van der Waals surface area contributed by atoms with E-state index >= 15 is 0 Å². The summed E-state index contributed by atoms with van der Waals surface area (Å²) in [4.78, 5) is 4.92. The lowest BCUT2D eigenvalue weighted by atomic mass is 9.85. The summed E-state index contributed by atoms with van der Waals surface area (Å²) in [7, 11) is 0. The fourth-order valence-corrected chi connectivity index (χ4v) is 4.76. The fraction of sp³-hybridized carbons (Fsp3) is 0.933. The van der Waals surface area contributed by atoms with Gasteiger partial charge in [0, 0.05) is 16.5 Å². The first-order valence-electron chi connectivity index (χ1n) is 7.44. The lowest BCUT2D eigenvalue weighted by Crippen LogP contribution is -2.46. The number of rotatable bonds is 3. The van der Waals surface area contributed by atoms with Gasteiger partial charge in [0.2, 0.25) is 0 Å². The molecule has 4 heteroatoms. The van der Waals surface area contributed by atoms with Crippen LogP contribution in [0.15, 0.2) is 4.99 Å².